The van der Waals surface area contributed by atoms with Gasteiger partial charge in [-0.25, -0.2) is 0 Å². The van der Waals surface area contributed by atoms with Crippen LogP contribution < -0.4 is 18.9 Å². The Morgan fingerprint density at radius 3 is 1.77 bits per heavy atom. The van der Waals surface area contributed by atoms with Crippen molar-refractivity contribution in [2.45, 2.75) is 20.3 Å². The van der Waals surface area contributed by atoms with Gasteiger partial charge >= 0.3 is 0 Å². The zero-order valence-corrected chi connectivity index (χ0v) is 19.0. The molecule has 1 radical (unpaired) electrons. The molecule has 0 heterocycles. The first-order valence-corrected chi connectivity index (χ1v) is 10.1. The van der Waals surface area contributed by atoms with E-state index in [1.165, 1.54) is 0 Å². The molecule has 5 heteroatoms. The average molecular weight is 422 g/mol. The van der Waals surface area contributed by atoms with Crippen molar-refractivity contribution in [3.8, 4) is 45.3 Å². The van der Waals surface area contributed by atoms with E-state index in [1.54, 1.807) is 28.4 Å². The van der Waals surface area contributed by atoms with E-state index in [9.17, 15) is 5.11 Å². The molecule has 0 spiro atoms. The molecule has 3 aromatic rings. The summed E-state index contributed by atoms with van der Waals surface area (Å²) in [4.78, 5) is 0. The van der Waals surface area contributed by atoms with Gasteiger partial charge in [0.15, 0.2) is 11.5 Å². The van der Waals surface area contributed by atoms with Crippen LogP contribution in [-0.2, 0) is 6.42 Å². The van der Waals surface area contributed by atoms with E-state index in [2.05, 4.69) is 18.2 Å². The van der Waals surface area contributed by atoms with Gasteiger partial charge in [0.05, 0.1) is 28.4 Å². The van der Waals surface area contributed by atoms with Crippen molar-refractivity contribution >= 4 is 0 Å². The Morgan fingerprint density at radius 2 is 1.29 bits per heavy atom. The van der Waals surface area contributed by atoms with Gasteiger partial charge in [0.2, 0.25) is 0 Å². The van der Waals surface area contributed by atoms with Gasteiger partial charge in [-0.2, -0.15) is 0 Å². The Kier molecular flexibility index (Phi) is 7.08. The monoisotopic (exact) mass is 421 g/mol. The van der Waals surface area contributed by atoms with Crippen LogP contribution >= 0.6 is 0 Å². The van der Waals surface area contributed by atoms with E-state index in [0.29, 0.717) is 17.9 Å². The fourth-order valence-electron chi connectivity index (χ4n) is 3.89. The minimum Gasteiger partial charge on any atom is -0.496 e. The van der Waals surface area contributed by atoms with E-state index >= 15 is 0 Å². The smallest absolute Gasteiger partial charge is 0.169 e. The first kappa shape index (κ1) is 22.5. The van der Waals surface area contributed by atoms with Crippen LogP contribution in [0.1, 0.15) is 16.7 Å². The Labute approximate surface area is 184 Å². The van der Waals surface area contributed by atoms with Crippen LogP contribution in [-0.4, -0.2) is 40.2 Å². The number of methoxy groups -OCH3 is 4. The number of aryl methyl sites for hydroxylation is 2. The molecule has 0 fully saturated rings. The second-order valence-corrected chi connectivity index (χ2v) is 7.26. The molecule has 163 valence electrons. The molecule has 0 aliphatic carbocycles. The van der Waals surface area contributed by atoms with Crippen LogP contribution in [0.4, 0.5) is 0 Å². The minimum absolute atomic E-state index is 0.0158. The highest BCUT2D eigenvalue weighted by molar-refractivity contribution is 5.91. The second kappa shape index (κ2) is 9.75. The summed E-state index contributed by atoms with van der Waals surface area (Å²) in [5.74, 6) is 2.82. The lowest BCUT2D eigenvalue weighted by Crippen LogP contribution is -2.03. The van der Waals surface area contributed by atoms with Crippen molar-refractivity contribution < 1.29 is 24.1 Å². The van der Waals surface area contributed by atoms with Crippen LogP contribution in [0.2, 0.25) is 0 Å². The number of hydrogen-bond donors (Lipinski definition) is 1. The highest BCUT2D eigenvalue weighted by Crippen LogP contribution is 2.47. The number of hydrogen-bond acceptors (Lipinski definition) is 5. The van der Waals surface area contributed by atoms with Gasteiger partial charge in [-0.1, -0.05) is 12.1 Å². The van der Waals surface area contributed by atoms with E-state index in [1.807, 2.05) is 38.1 Å². The second-order valence-electron chi connectivity index (χ2n) is 7.26. The molecule has 0 saturated heterocycles. The third-order valence-corrected chi connectivity index (χ3v) is 5.37. The van der Waals surface area contributed by atoms with Crippen molar-refractivity contribution in [2.75, 3.05) is 35.0 Å². The molecule has 0 unspecified atom stereocenters. The van der Waals surface area contributed by atoms with E-state index in [0.717, 1.165) is 50.4 Å². The van der Waals surface area contributed by atoms with Crippen LogP contribution in [0.3, 0.4) is 0 Å². The summed E-state index contributed by atoms with van der Waals surface area (Å²) in [5.41, 5.74) is 6.47. The lowest BCUT2D eigenvalue weighted by atomic mass is 9.89. The van der Waals surface area contributed by atoms with Gasteiger partial charge in [-0.05, 0) is 72.9 Å². The van der Waals surface area contributed by atoms with Gasteiger partial charge < -0.3 is 24.1 Å². The van der Waals surface area contributed by atoms with Gasteiger partial charge in [0, 0.05) is 23.3 Å². The fraction of sp³-hybridized carbons (Fsp3) is 0.308. The molecular formula is C26H29O5. The molecule has 3 aromatic carbocycles. The van der Waals surface area contributed by atoms with E-state index in [4.69, 9.17) is 18.9 Å². The van der Waals surface area contributed by atoms with Crippen molar-refractivity contribution in [3.05, 3.63) is 59.2 Å². The Balaban J connectivity index is 2.38. The van der Waals surface area contributed by atoms with Crippen LogP contribution in [0, 0.1) is 19.9 Å². The maximum Gasteiger partial charge on any atom is 0.169 e. The molecule has 0 amide bonds. The van der Waals surface area contributed by atoms with E-state index < -0.39 is 0 Å². The molecule has 5 nitrogen and oxygen atoms in total. The zero-order chi connectivity index (χ0) is 22.5. The third-order valence-electron chi connectivity index (χ3n) is 5.37. The van der Waals surface area contributed by atoms with Crippen molar-refractivity contribution in [1.82, 2.24) is 0 Å². The fourth-order valence-corrected chi connectivity index (χ4v) is 3.89. The quantitative estimate of drug-likeness (QED) is 0.554. The summed E-state index contributed by atoms with van der Waals surface area (Å²) in [6.45, 7) is 4.00. The maximum atomic E-state index is 9.61. The summed E-state index contributed by atoms with van der Waals surface area (Å²) in [6, 6.07) is 15.5. The van der Waals surface area contributed by atoms with Crippen molar-refractivity contribution in [3.63, 3.8) is 0 Å². The number of aliphatic hydroxyl groups excluding tert-OH is 1. The van der Waals surface area contributed by atoms with Crippen LogP contribution in [0.15, 0.2) is 36.4 Å². The van der Waals surface area contributed by atoms with Gasteiger partial charge in [-0.3, -0.25) is 0 Å². The number of aliphatic hydroxyl groups is 1. The lowest BCUT2D eigenvalue weighted by Gasteiger charge is -2.21. The third kappa shape index (κ3) is 4.32. The molecule has 3 rings (SSSR count). The molecule has 0 aromatic heterocycles. The Hall–Kier alpha value is -3.18. The highest BCUT2D eigenvalue weighted by atomic mass is 16.5. The molecule has 0 bridgehead atoms. The molecule has 0 saturated carbocycles. The standard InChI is InChI=1S/C26H29O5/c1-16-13-18(7-9-22(16)28-3)21-15-20(11-12-27)25(30-5)26(31-6)24(21)19-8-10-23(29-4)17(2)14-19/h7-10,13-14,27H,11-12H2,1-6H3. The largest absolute Gasteiger partial charge is 0.496 e. The van der Waals surface area contributed by atoms with Crippen LogP contribution in [0.25, 0.3) is 22.3 Å². The Morgan fingerprint density at radius 1 is 0.742 bits per heavy atom. The van der Waals surface area contributed by atoms with Crippen molar-refractivity contribution in [1.29, 1.82) is 0 Å². The summed E-state index contributed by atoms with van der Waals surface area (Å²) in [5, 5.41) is 9.61. The zero-order valence-electron chi connectivity index (χ0n) is 19.0. The number of rotatable bonds is 8. The number of benzene rings is 3. The molecule has 1 N–H and O–H groups in total. The first-order valence-electron chi connectivity index (χ1n) is 10.1. The SMILES string of the molecule is COc1ccc(-c2[c]c(CCO)c(OC)c(OC)c2-c2ccc(OC)c(C)c2)cc1C. The normalized spacial score (nSPS) is 10.7. The summed E-state index contributed by atoms with van der Waals surface area (Å²) in [7, 11) is 6.56. The predicted molar refractivity (Wildman–Crippen MR) is 123 cm³/mol. The summed E-state index contributed by atoms with van der Waals surface area (Å²) in [6.07, 6.45) is 0.406. The minimum atomic E-state index is -0.0158. The summed E-state index contributed by atoms with van der Waals surface area (Å²) >= 11 is 0. The van der Waals surface area contributed by atoms with Crippen LogP contribution in [0.5, 0.6) is 23.0 Å². The molecule has 0 atom stereocenters. The van der Waals surface area contributed by atoms with Gasteiger partial charge in [0.25, 0.3) is 0 Å². The molecule has 0 aliphatic rings. The predicted octanol–water partition coefficient (Wildman–Crippen LogP) is 5.01. The van der Waals surface area contributed by atoms with Crippen molar-refractivity contribution in [2.24, 2.45) is 0 Å². The lowest BCUT2D eigenvalue weighted by molar-refractivity contribution is 0.294. The number of ether oxygens (including phenoxy) is 4. The Bertz CT molecular complexity index is 1070. The first-order chi connectivity index (χ1) is 15.0. The average Bonchev–Trinajstić information content (AvgIpc) is 2.78. The molecule has 0 aliphatic heterocycles. The van der Waals surface area contributed by atoms with Gasteiger partial charge in [-0.15, -0.1) is 0 Å². The highest BCUT2D eigenvalue weighted by Gasteiger charge is 2.23. The van der Waals surface area contributed by atoms with E-state index in [-0.39, 0.29) is 6.61 Å². The maximum absolute atomic E-state index is 9.61. The summed E-state index contributed by atoms with van der Waals surface area (Å²) < 4.78 is 22.4. The topological polar surface area (TPSA) is 57.2 Å². The molecule has 31 heavy (non-hydrogen) atoms. The van der Waals surface area contributed by atoms with Gasteiger partial charge in [0.1, 0.15) is 11.5 Å². The molecular weight excluding hydrogens is 392 g/mol.